The minimum Gasteiger partial charge on any atom is -0.485 e. The Kier molecular flexibility index (Phi) is 8.99. The van der Waals surface area contributed by atoms with Gasteiger partial charge in [0, 0.05) is 11.0 Å². The van der Waals surface area contributed by atoms with Crippen LogP contribution < -0.4 is 9.47 Å². The van der Waals surface area contributed by atoms with Crippen LogP contribution in [0.25, 0.3) is 0 Å². The molecule has 0 aromatic heterocycles. The van der Waals surface area contributed by atoms with E-state index in [4.69, 9.17) is 14.2 Å². The number of ether oxygens (including phenoxy) is 3. The summed E-state index contributed by atoms with van der Waals surface area (Å²) in [7, 11) is 0. The van der Waals surface area contributed by atoms with Crippen molar-refractivity contribution in [2.75, 3.05) is 6.54 Å². The predicted octanol–water partition coefficient (Wildman–Crippen LogP) is 8.68. The third-order valence-corrected chi connectivity index (χ3v) is 7.48. The van der Waals surface area contributed by atoms with Crippen molar-refractivity contribution in [3.05, 3.63) is 129 Å². The summed E-state index contributed by atoms with van der Waals surface area (Å²) < 4.78 is 19.6. The lowest BCUT2D eigenvalue weighted by Gasteiger charge is -2.38. The molecule has 6 heteroatoms. The number of nitrogens with zero attached hydrogens (tertiary/aromatic N) is 1. The number of fused-ring (bicyclic) bond motifs is 1. The molecule has 0 spiro atoms. The standard InChI is InChI=1S/C35H36BrNO4/c1-35(2,3)41-34(38)37-18-17-28-21-32(39-23-25-11-6-4-7-12-25)33(40-24-26-13-8-5-9-14-26)22-30(28)31(37)20-27-15-10-16-29(36)19-27/h4-16,19,21-22,31H,17-18,20,23-24H2,1-3H3. The van der Waals surface area contributed by atoms with Crippen LogP contribution in [0.1, 0.15) is 54.6 Å². The first-order chi connectivity index (χ1) is 19.7. The van der Waals surface area contributed by atoms with Gasteiger partial charge in [0.2, 0.25) is 0 Å². The second kappa shape index (κ2) is 12.8. The molecule has 1 amide bonds. The topological polar surface area (TPSA) is 48.0 Å². The molecule has 0 saturated heterocycles. The Balaban J connectivity index is 1.52. The van der Waals surface area contributed by atoms with Crippen LogP contribution in [0.3, 0.4) is 0 Å². The van der Waals surface area contributed by atoms with Crippen molar-refractivity contribution in [2.24, 2.45) is 0 Å². The van der Waals surface area contributed by atoms with Gasteiger partial charge in [-0.05, 0) is 85.7 Å². The maximum Gasteiger partial charge on any atom is 0.410 e. The highest BCUT2D eigenvalue weighted by atomic mass is 79.9. The molecule has 1 heterocycles. The molecule has 5 rings (SSSR count). The van der Waals surface area contributed by atoms with Crippen LogP contribution in [0.4, 0.5) is 4.79 Å². The molecule has 1 atom stereocenters. The van der Waals surface area contributed by atoms with Crippen molar-refractivity contribution in [1.29, 1.82) is 0 Å². The van der Waals surface area contributed by atoms with Crippen LogP contribution in [-0.4, -0.2) is 23.1 Å². The van der Waals surface area contributed by atoms with Crippen molar-refractivity contribution in [3.8, 4) is 11.5 Å². The molecule has 1 aliphatic heterocycles. The highest BCUT2D eigenvalue weighted by Gasteiger charge is 2.35. The fourth-order valence-electron chi connectivity index (χ4n) is 5.05. The lowest BCUT2D eigenvalue weighted by atomic mass is 9.88. The van der Waals surface area contributed by atoms with Crippen LogP contribution in [0.5, 0.6) is 11.5 Å². The third kappa shape index (κ3) is 7.70. The smallest absolute Gasteiger partial charge is 0.410 e. The van der Waals surface area contributed by atoms with Gasteiger partial charge in [0.15, 0.2) is 11.5 Å². The van der Waals surface area contributed by atoms with Gasteiger partial charge in [0.25, 0.3) is 0 Å². The van der Waals surface area contributed by atoms with Gasteiger partial charge >= 0.3 is 6.09 Å². The summed E-state index contributed by atoms with van der Waals surface area (Å²) in [5.74, 6) is 1.37. The van der Waals surface area contributed by atoms with E-state index in [0.717, 1.165) is 32.3 Å². The SMILES string of the molecule is CC(C)(C)OC(=O)N1CCc2cc(OCc3ccccc3)c(OCc3ccccc3)cc2C1Cc1cccc(Br)c1. The van der Waals surface area contributed by atoms with E-state index in [2.05, 4.69) is 52.3 Å². The summed E-state index contributed by atoms with van der Waals surface area (Å²) in [4.78, 5) is 15.3. The number of halogens is 1. The number of hydrogen-bond donors (Lipinski definition) is 0. The van der Waals surface area contributed by atoms with Gasteiger partial charge in [-0.15, -0.1) is 0 Å². The maximum atomic E-state index is 13.5. The van der Waals surface area contributed by atoms with Gasteiger partial charge in [0.1, 0.15) is 18.8 Å². The molecule has 41 heavy (non-hydrogen) atoms. The molecule has 0 fully saturated rings. The molecule has 0 bridgehead atoms. The van der Waals surface area contributed by atoms with E-state index in [1.807, 2.05) is 86.3 Å². The average Bonchev–Trinajstić information content (AvgIpc) is 2.95. The molecular weight excluding hydrogens is 578 g/mol. The molecule has 0 aliphatic carbocycles. The molecule has 1 unspecified atom stereocenters. The minimum atomic E-state index is -0.587. The number of carbonyl (C=O) groups is 1. The average molecular weight is 615 g/mol. The van der Waals surface area contributed by atoms with Crippen LogP contribution in [0.15, 0.2) is 102 Å². The van der Waals surface area contributed by atoms with Gasteiger partial charge in [-0.25, -0.2) is 4.79 Å². The first-order valence-electron chi connectivity index (χ1n) is 14.0. The maximum absolute atomic E-state index is 13.5. The van der Waals surface area contributed by atoms with E-state index in [1.165, 1.54) is 0 Å². The number of rotatable bonds is 8. The molecule has 5 nitrogen and oxygen atoms in total. The molecular formula is C35H36BrNO4. The van der Waals surface area contributed by atoms with E-state index < -0.39 is 5.60 Å². The second-order valence-corrected chi connectivity index (χ2v) is 12.2. The number of hydrogen-bond acceptors (Lipinski definition) is 4. The monoisotopic (exact) mass is 613 g/mol. The molecule has 4 aromatic rings. The Morgan fingerprint density at radius 2 is 1.39 bits per heavy atom. The number of benzene rings is 4. The van der Waals surface area contributed by atoms with Crippen molar-refractivity contribution >= 4 is 22.0 Å². The Hall–Kier alpha value is -3.77. The van der Waals surface area contributed by atoms with Crippen LogP contribution in [0.2, 0.25) is 0 Å². The van der Waals surface area contributed by atoms with Crippen molar-refractivity contribution in [3.63, 3.8) is 0 Å². The summed E-state index contributed by atoms with van der Waals surface area (Å²) in [5.41, 5.74) is 4.90. The highest BCUT2D eigenvalue weighted by molar-refractivity contribution is 9.10. The van der Waals surface area contributed by atoms with Crippen LogP contribution in [-0.2, 0) is 30.8 Å². The predicted molar refractivity (Wildman–Crippen MR) is 165 cm³/mol. The first kappa shape index (κ1) is 28.7. The van der Waals surface area contributed by atoms with Crippen LogP contribution >= 0.6 is 15.9 Å². The van der Waals surface area contributed by atoms with E-state index >= 15 is 0 Å². The van der Waals surface area contributed by atoms with Gasteiger partial charge in [0.05, 0.1) is 6.04 Å². The zero-order valence-electron chi connectivity index (χ0n) is 23.8. The Bertz CT molecular complexity index is 1470. The fraction of sp³-hybridized carbons (Fsp3) is 0.286. The normalized spacial score (nSPS) is 14.7. The summed E-state index contributed by atoms with van der Waals surface area (Å²) in [6.07, 6.45) is 1.04. The fourth-order valence-corrected chi connectivity index (χ4v) is 5.50. The lowest BCUT2D eigenvalue weighted by molar-refractivity contribution is 0.0141. The van der Waals surface area contributed by atoms with E-state index in [9.17, 15) is 4.79 Å². The highest BCUT2D eigenvalue weighted by Crippen LogP contribution is 2.41. The Morgan fingerprint density at radius 1 is 0.805 bits per heavy atom. The summed E-state index contributed by atoms with van der Waals surface area (Å²) in [6, 6.07) is 32.4. The van der Waals surface area contributed by atoms with Crippen molar-refractivity contribution in [1.82, 2.24) is 4.90 Å². The third-order valence-electron chi connectivity index (χ3n) is 6.98. The van der Waals surface area contributed by atoms with Crippen LogP contribution in [0, 0.1) is 0 Å². The molecule has 0 saturated carbocycles. The number of carbonyl (C=O) groups excluding carboxylic acids is 1. The summed E-state index contributed by atoms with van der Waals surface area (Å²) in [5, 5.41) is 0. The largest absolute Gasteiger partial charge is 0.485 e. The molecule has 0 radical (unpaired) electrons. The van der Waals surface area contributed by atoms with Gasteiger partial charge in [-0.2, -0.15) is 0 Å². The van der Waals surface area contributed by atoms with E-state index in [0.29, 0.717) is 44.1 Å². The van der Waals surface area contributed by atoms with Gasteiger partial charge < -0.3 is 19.1 Å². The summed E-state index contributed by atoms with van der Waals surface area (Å²) >= 11 is 3.60. The van der Waals surface area contributed by atoms with Crippen molar-refractivity contribution in [2.45, 2.75) is 58.5 Å². The van der Waals surface area contributed by atoms with Gasteiger partial charge in [-0.3, -0.25) is 0 Å². The van der Waals surface area contributed by atoms with E-state index in [1.54, 1.807) is 0 Å². The van der Waals surface area contributed by atoms with Gasteiger partial charge in [-0.1, -0.05) is 88.7 Å². The lowest BCUT2D eigenvalue weighted by Crippen LogP contribution is -2.43. The Morgan fingerprint density at radius 3 is 1.98 bits per heavy atom. The quantitative estimate of drug-likeness (QED) is 0.199. The molecule has 4 aromatic carbocycles. The Labute approximate surface area is 251 Å². The van der Waals surface area contributed by atoms with E-state index in [-0.39, 0.29) is 12.1 Å². The number of amides is 1. The summed E-state index contributed by atoms with van der Waals surface area (Å²) in [6.45, 7) is 7.11. The van der Waals surface area contributed by atoms with Crippen molar-refractivity contribution < 1.29 is 19.0 Å². The zero-order valence-corrected chi connectivity index (χ0v) is 25.4. The molecule has 0 N–H and O–H groups in total. The zero-order chi connectivity index (χ0) is 28.8. The second-order valence-electron chi connectivity index (χ2n) is 11.3. The molecule has 1 aliphatic rings. The molecule has 212 valence electrons. The first-order valence-corrected chi connectivity index (χ1v) is 14.8. The minimum absolute atomic E-state index is 0.217.